The van der Waals surface area contributed by atoms with Crippen LogP contribution < -0.4 is 5.73 Å². The standard InChI is InChI=1S/C16H14ClN5O5/c17-12-10-13(21-16(18)20-12)22(7-19-10)14(25)11(9(24)6-23)27-15(26)8-4-2-1-3-5-8/h1-5,7,9,11,23-24H,6H2,(H2,18,20,21)/t9-,11+/m0/s1. The first-order chi connectivity index (χ1) is 12.9. The van der Waals surface area contributed by atoms with Crippen molar-refractivity contribution in [3.05, 3.63) is 47.4 Å². The summed E-state index contributed by atoms with van der Waals surface area (Å²) in [5.41, 5.74) is 5.79. The van der Waals surface area contributed by atoms with E-state index in [-0.39, 0.29) is 27.8 Å². The number of hydrogen-bond acceptors (Lipinski definition) is 9. The van der Waals surface area contributed by atoms with Gasteiger partial charge in [-0.25, -0.2) is 14.3 Å². The van der Waals surface area contributed by atoms with E-state index in [2.05, 4.69) is 15.0 Å². The Morgan fingerprint density at radius 1 is 1.26 bits per heavy atom. The van der Waals surface area contributed by atoms with Crippen LogP contribution in [0.3, 0.4) is 0 Å². The topological polar surface area (TPSA) is 153 Å². The van der Waals surface area contributed by atoms with E-state index in [1.165, 1.54) is 12.1 Å². The SMILES string of the molecule is Nc1nc(Cl)c2ncn(C(=O)[C@H](OC(=O)c3ccccc3)[C@@H](O)CO)c2n1. The number of imidazole rings is 1. The molecule has 4 N–H and O–H groups in total. The summed E-state index contributed by atoms with van der Waals surface area (Å²) in [5.74, 6) is -1.93. The van der Waals surface area contributed by atoms with Crippen molar-refractivity contribution >= 4 is 40.6 Å². The Bertz CT molecular complexity index is 994. The van der Waals surface area contributed by atoms with Crippen LogP contribution in [0.1, 0.15) is 15.2 Å². The van der Waals surface area contributed by atoms with Gasteiger partial charge >= 0.3 is 5.97 Å². The van der Waals surface area contributed by atoms with Crippen LogP contribution in [0.2, 0.25) is 5.15 Å². The Hall–Kier alpha value is -3.08. The summed E-state index contributed by atoms with van der Waals surface area (Å²) < 4.78 is 6.05. The minimum atomic E-state index is -1.71. The van der Waals surface area contributed by atoms with Crippen molar-refractivity contribution in [2.24, 2.45) is 0 Å². The van der Waals surface area contributed by atoms with Gasteiger partial charge in [-0.3, -0.25) is 4.79 Å². The number of nitrogens with zero attached hydrogens (tertiary/aromatic N) is 4. The number of anilines is 1. The number of nitrogen functional groups attached to an aromatic ring is 1. The van der Waals surface area contributed by atoms with E-state index in [1.807, 2.05) is 0 Å². The van der Waals surface area contributed by atoms with Crippen molar-refractivity contribution in [2.45, 2.75) is 12.2 Å². The zero-order valence-corrected chi connectivity index (χ0v) is 14.4. The van der Waals surface area contributed by atoms with Gasteiger partial charge in [0, 0.05) is 0 Å². The summed E-state index contributed by atoms with van der Waals surface area (Å²) >= 11 is 5.92. The Morgan fingerprint density at radius 2 is 1.96 bits per heavy atom. The summed E-state index contributed by atoms with van der Waals surface area (Å²) in [4.78, 5) is 36.7. The summed E-state index contributed by atoms with van der Waals surface area (Å²) in [6.45, 7) is -0.816. The van der Waals surface area contributed by atoms with Crippen LogP contribution in [0.5, 0.6) is 0 Å². The lowest BCUT2D eigenvalue weighted by molar-refractivity contribution is -0.0301. The lowest BCUT2D eigenvalue weighted by atomic mass is 10.2. The van der Waals surface area contributed by atoms with Gasteiger partial charge in [0.2, 0.25) is 12.1 Å². The van der Waals surface area contributed by atoms with Crippen LogP contribution in [-0.4, -0.2) is 60.4 Å². The average molecular weight is 392 g/mol. The number of aliphatic hydroxyl groups is 2. The molecule has 140 valence electrons. The molecule has 0 aliphatic carbocycles. The molecule has 11 heteroatoms. The lowest BCUT2D eigenvalue weighted by Gasteiger charge is -2.20. The van der Waals surface area contributed by atoms with Crippen molar-refractivity contribution in [1.29, 1.82) is 0 Å². The smallest absolute Gasteiger partial charge is 0.339 e. The number of nitrogens with two attached hydrogens (primary N) is 1. The molecular formula is C16H14ClN5O5. The number of halogens is 1. The first kappa shape index (κ1) is 18.7. The number of aromatic nitrogens is 4. The predicted molar refractivity (Wildman–Crippen MR) is 94.1 cm³/mol. The van der Waals surface area contributed by atoms with Gasteiger partial charge in [0.15, 0.2) is 10.8 Å². The first-order valence-electron chi connectivity index (χ1n) is 7.67. The number of carbonyl (C=O) groups excluding carboxylic acids is 2. The molecule has 3 rings (SSSR count). The molecule has 0 aliphatic rings. The van der Waals surface area contributed by atoms with E-state index in [0.29, 0.717) is 0 Å². The predicted octanol–water partition coefficient (Wildman–Crippen LogP) is 0.281. The molecule has 10 nitrogen and oxygen atoms in total. The third-order valence-corrected chi connectivity index (χ3v) is 3.90. The summed E-state index contributed by atoms with van der Waals surface area (Å²) in [5, 5.41) is 19.2. The zero-order valence-electron chi connectivity index (χ0n) is 13.7. The number of carbonyl (C=O) groups is 2. The molecule has 0 saturated heterocycles. The third-order valence-electron chi connectivity index (χ3n) is 3.63. The second kappa shape index (κ2) is 7.66. The highest BCUT2D eigenvalue weighted by Gasteiger charge is 2.33. The van der Waals surface area contributed by atoms with E-state index in [4.69, 9.17) is 22.1 Å². The summed E-state index contributed by atoms with van der Waals surface area (Å²) in [7, 11) is 0. The van der Waals surface area contributed by atoms with Crippen LogP contribution in [0, 0.1) is 0 Å². The Labute approximate surface area is 157 Å². The fraction of sp³-hybridized carbons (Fsp3) is 0.188. The van der Waals surface area contributed by atoms with Gasteiger partial charge in [-0.05, 0) is 12.1 Å². The van der Waals surface area contributed by atoms with Crippen LogP contribution in [-0.2, 0) is 4.74 Å². The molecular weight excluding hydrogens is 378 g/mol. The van der Waals surface area contributed by atoms with E-state index in [1.54, 1.807) is 18.2 Å². The molecule has 0 saturated carbocycles. The Morgan fingerprint density at radius 3 is 2.63 bits per heavy atom. The number of aliphatic hydroxyl groups excluding tert-OH is 2. The lowest BCUT2D eigenvalue weighted by Crippen LogP contribution is -2.43. The van der Waals surface area contributed by atoms with Gasteiger partial charge in [-0.2, -0.15) is 9.97 Å². The molecule has 0 radical (unpaired) electrons. The normalized spacial score (nSPS) is 13.3. The number of rotatable bonds is 5. The quantitative estimate of drug-likeness (QED) is 0.411. The molecule has 0 aliphatic heterocycles. The van der Waals surface area contributed by atoms with Gasteiger partial charge in [0.1, 0.15) is 17.9 Å². The van der Waals surface area contributed by atoms with Crippen molar-refractivity contribution < 1.29 is 24.5 Å². The number of hydrogen-bond donors (Lipinski definition) is 3. The molecule has 0 fully saturated rings. The fourth-order valence-electron chi connectivity index (χ4n) is 2.33. The Kier molecular flexibility index (Phi) is 5.31. The van der Waals surface area contributed by atoms with Crippen LogP contribution >= 0.6 is 11.6 Å². The van der Waals surface area contributed by atoms with Crippen molar-refractivity contribution in [3.8, 4) is 0 Å². The maximum atomic E-state index is 12.8. The van der Waals surface area contributed by atoms with Gasteiger partial charge in [-0.15, -0.1) is 0 Å². The maximum absolute atomic E-state index is 12.8. The monoisotopic (exact) mass is 391 g/mol. The molecule has 0 bridgehead atoms. The second-order valence-electron chi connectivity index (χ2n) is 5.44. The molecule has 2 heterocycles. The van der Waals surface area contributed by atoms with Gasteiger partial charge in [0.05, 0.1) is 12.2 Å². The minimum absolute atomic E-state index is 0.0246. The van der Waals surface area contributed by atoms with Gasteiger partial charge in [-0.1, -0.05) is 29.8 Å². The fourth-order valence-corrected chi connectivity index (χ4v) is 2.55. The molecule has 1 aromatic carbocycles. The molecule has 0 amide bonds. The average Bonchev–Trinajstić information content (AvgIpc) is 3.09. The number of fused-ring (bicyclic) bond motifs is 1. The number of benzene rings is 1. The van der Waals surface area contributed by atoms with Gasteiger partial charge in [0.25, 0.3) is 5.91 Å². The van der Waals surface area contributed by atoms with E-state index in [9.17, 15) is 19.8 Å². The minimum Gasteiger partial charge on any atom is -0.446 e. The molecule has 2 atom stereocenters. The highest BCUT2D eigenvalue weighted by molar-refractivity contribution is 6.33. The maximum Gasteiger partial charge on any atom is 0.339 e. The number of esters is 1. The van der Waals surface area contributed by atoms with Crippen LogP contribution in [0.25, 0.3) is 11.2 Å². The van der Waals surface area contributed by atoms with Crippen LogP contribution in [0.15, 0.2) is 36.7 Å². The molecule has 27 heavy (non-hydrogen) atoms. The zero-order chi connectivity index (χ0) is 19.6. The van der Waals surface area contributed by atoms with Gasteiger partial charge < -0.3 is 20.7 Å². The van der Waals surface area contributed by atoms with E-state index in [0.717, 1.165) is 10.9 Å². The molecule has 0 spiro atoms. The Balaban J connectivity index is 1.96. The second-order valence-corrected chi connectivity index (χ2v) is 5.80. The van der Waals surface area contributed by atoms with Crippen molar-refractivity contribution in [2.75, 3.05) is 12.3 Å². The summed E-state index contributed by atoms with van der Waals surface area (Å²) in [6.07, 6.45) is -2.30. The molecule has 0 unspecified atom stereocenters. The van der Waals surface area contributed by atoms with Crippen LogP contribution in [0.4, 0.5) is 5.95 Å². The van der Waals surface area contributed by atoms with E-state index < -0.39 is 30.7 Å². The molecule has 2 aromatic heterocycles. The molecule has 3 aromatic rings. The third kappa shape index (κ3) is 3.72. The largest absolute Gasteiger partial charge is 0.446 e. The van der Waals surface area contributed by atoms with Crippen molar-refractivity contribution in [1.82, 2.24) is 19.5 Å². The number of ether oxygens (including phenoxy) is 1. The highest BCUT2D eigenvalue weighted by atomic mass is 35.5. The first-order valence-corrected chi connectivity index (χ1v) is 8.05. The van der Waals surface area contributed by atoms with E-state index >= 15 is 0 Å². The van der Waals surface area contributed by atoms with Crippen molar-refractivity contribution in [3.63, 3.8) is 0 Å². The summed E-state index contributed by atoms with van der Waals surface area (Å²) in [6, 6.07) is 7.89. The highest BCUT2D eigenvalue weighted by Crippen LogP contribution is 2.21.